The lowest BCUT2D eigenvalue weighted by molar-refractivity contribution is 0.0212. The molecule has 0 amide bonds. The molecule has 86 valence electrons. The standard InChI is InChI=1S/C9H17N3O3/c1-2-4-13-6-8-15-9-7-14-5-3-11-12-10/h2H,1,3-9H2. The van der Waals surface area contributed by atoms with Gasteiger partial charge in [0.1, 0.15) is 0 Å². The number of hydrogen-bond donors (Lipinski definition) is 0. The molecule has 0 atom stereocenters. The fourth-order valence-corrected chi connectivity index (χ4v) is 0.757. The Morgan fingerprint density at radius 2 is 1.67 bits per heavy atom. The molecule has 0 radical (unpaired) electrons. The van der Waals surface area contributed by atoms with Crippen molar-refractivity contribution in [1.82, 2.24) is 0 Å². The fraction of sp³-hybridized carbons (Fsp3) is 0.778. The molecule has 0 saturated heterocycles. The monoisotopic (exact) mass is 215 g/mol. The first kappa shape index (κ1) is 13.9. The second-order valence-electron chi connectivity index (χ2n) is 2.54. The molecule has 0 aliphatic carbocycles. The van der Waals surface area contributed by atoms with Crippen LogP contribution in [0.25, 0.3) is 10.4 Å². The highest BCUT2D eigenvalue weighted by Crippen LogP contribution is 1.82. The molecule has 0 fully saturated rings. The van der Waals surface area contributed by atoms with Crippen molar-refractivity contribution in [2.24, 2.45) is 5.11 Å². The Bertz CT molecular complexity index is 193. The molecule has 0 bridgehead atoms. The molecule has 0 aromatic carbocycles. The molecule has 6 heteroatoms. The van der Waals surface area contributed by atoms with Crippen LogP contribution in [0.3, 0.4) is 0 Å². The van der Waals surface area contributed by atoms with Crippen LogP contribution in [0, 0.1) is 0 Å². The minimum absolute atomic E-state index is 0.360. The van der Waals surface area contributed by atoms with E-state index < -0.39 is 0 Å². The number of azide groups is 1. The summed E-state index contributed by atoms with van der Waals surface area (Å²) in [5.74, 6) is 0. The summed E-state index contributed by atoms with van der Waals surface area (Å²) in [6.45, 7) is 7.00. The minimum atomic E-state index is 0.360. The van der Waals surface area contributed by atoms with Crippen molar-refractivity contribution in [2.45, 2.75) is 0 Å². The quantitative estimate of drug-likeness (QED) is 0.172. The van der Waals surface area contributed by atoms with E-state index in [-0.39, 0.29) is 0 Å². The van der Waals surface area contributed by atoms with Crippen molar-refractivity contribution in [3.8, 4) is 0 Å². The zero-order chi connectivity index (χ0) is 11.2. The van der Waals surface area contributed by atoms with Crippen LogP contribution in [0.15, 0.2) is 17.8 Å². The van der Waals surface area contributed by atoms with E-state index in [1.54, 1.807) is 6.08 Å². The maximum Gasteiger partial charge on any atom is 0.0704 e. The summed E-state index contributed by atoms with van der Waals surface area (Å²) in [6, 6.07) is 0. The first-order valence-electron chi connectivity index (χ1n) is 4.76. The van der Waals surface area contributed by atoms with Gasteiger partial charge in [-0.05, 0) is 5.53 Å². The number of rotatable bonds is 11. The molecule has 0 spiro atoms. The molecule has 0 heterocycles. The van der Waals surface area contributed by atoms with Gasteiger partial charge in [0.25, 0.3) is 0 Å². The van der Waals surface area contributed by atoms with Crippen molar-refractivity contribution in [1.29, 1.82) is 0 Å². The molecule has 0 aromatic heterocycles. The summed E-state index contributed by atoms with van der Waals surface area (Å²) in [4.78, 5) is 2.60. The number of hydrogen-bond acceptors (Lipinski definition) is 4. The maximum atomic E-state index is 7.97. The van der Waals surface area contributed by atoms with Crippen LogP contribution in [0.4, 0.5) is 0 Å². The van der Waals surface area contributed by atoms with Crippen LogP contribution in [0.5, 0.6) is 0 Å². The maximum absolute atomic E-state index is 7.97. The van der Waals surface area contributed by atoms with Crippen molar-refractivity contribution < 1.29 is 14.2 Å². The van der Waals surface area contributed by atoms with Crippen LogP contribution >= 0.6 is 0 Å². The van der Waals surface area contributed by atoms with Crippen molar-refractivity contribution in [2.75, 3.05) is 46.2 Å². The molecular formula is C9H17N3O3. The van der Waals surface area contributed by atoms with Crippen LogP contribution < -0.4 is 0 Å². The van der Waals surface area contributed by atoms with Gasteiger partial charge in [-0.1, -0.05) is 11.2 Å². The molecule has 0 aromatic rings. The van der Waals surface area contributed by atoms with Crippen molar-refractivity contribution >= 4 is 0 Å². The first-order chi connectivity index (χ1) is 7.41. The molecule has 15 heavy (non-hydrogen) atoms. The van der Waals surface area contributed by atoms with Crippen molar-refractivity contribution in [3.05, 3.63) is 23.1 Å². The average molecular weight is 215 g/mol. The zero-order valence-electron chi connectivity index (χ0n) is 8.80. The van der Waals surface area contributed by atoms with Gasteiger partial charge >= 0.3 is 0 Å². The van der Waals surface area contributed by atoms with Crippen LogP contribution in [-0.2, 0) is 14.2 Å². The first-order valence-corrected chi connectivity index (χ1v) is 4.76. The highest BCUT2D eigenvalue weighted by molar-refractivity contribution is 4.63. The Labute approximate surface area is 89.4 Å². The summed E-state index contributed by atoms with van der Waals surface area (Å²) >= 11 is 0. The Balaban J connectivity index is 2.92. The molecule has 0 saturated carbocycles. The SMILES string of the molecule is C=CCOCCOCCOCCN=[N+]=[N-]. The summed E-state index contributed by atoms with van der Waals surface area (Å²) in [5.41, 5.74) is 7.97. The second-order valence-corrected chi connectivity index (χ2v) is 2.54. The summed E-state index contributed by atoms with van der Waals surface area (Å²) in [7, 11) is 0. The van der Waals surface area contributed by atoms with E-state index in [1.807, 2.05) is 0 Å². The summed E-state index contributed by atoms with van der Waals surface area (Å²) in [5, 5.41) is 3.32. The van der Waals surface area contributed by atoms with Crippen molar-refractivity contribution in [3.63, 3.8) is 0 Å². The van der Waals surface area contributed by atoms with Gasteiger partial charge in [-0.2, -0.15) is 0 Å². The zero-order valence-corrected chi connectivity index (χ0v) is 8.80. The third kappa shape index (κ3) is 12.9. The van der Waals surface area contributed by atoms with Gasteiger partial charge in [0, 0.05) is 11.5 Å². The minimum Gasteiger partial charge on any atom is -0.379 e. The molecule has 0 N–H and O–H groups in total. The van der Waals surface area contributed by atoms with Gasteiger partial charge in [0.05, 0.1) is 39.6 Å². The van der Waals surface area contributed by atoms with Crippen LogP contribution in [0.1, 0.15) is 0 Å². The third-order valence-corrected chi connectivity index (χ3v) is 1.38. The Kier molecular flexibility index (Phi) is 12.0. The number of ether oxygens (including phenoxy) is 3. The fourth-order valence-electron chi connectivity index (χ4n) is 0.757. The smallest absolute Gasteiger partial charge is 0.0704 e. The molecule has 0 unspecified atom stereocenters. The normalized spacial score (nSPS) is 9.60. The van der Waals surface area contributed by atoms with E-state index >= 15 is 0 Å². The van der Waals surface area contributed by atoms with E-state index in [4.69, 9.17) is 19.7 Å². The second kappa shape index (κ2) is 12.9. The molecule has 0 rings (SSSR count). The van der Waals surface area contributed by atoms with E-state index in [0.29, 0.717) is 46.2 Å². The van der Waals surface area contributed by atoms with Gasteiger partial charge in [0.2, 0.25) is 0 Å². The van der Waals surface area contributed by atoms with Crippen LogP contribution in [-0.4, -0.2) is 46.2 Å². The van der Waals surface area contributed by atoms with E-state index in [9.17, 15) is 0 Å². The van der Waals surface area contributed by atoms with Gasteiger partial charge in [0.15, 0.2) is 0 Å². The molecule has 0 aliphatic rings. The van der Waals surface area contributed by atoms with Gasteiger partial charge in [-0.25, -0.2) is 0 Å². The van der Waals surface area contributed by atoms with Gasteiger partial charge < -0.3 is 14.2 Å². The number of nitrogens with zero attached hydrogens (tertiary/aromatic N) is 3. The topological polar surface area (TPSA) is 76.5 Å². The predicted molar refractivity (Wildman–Crippen MR) is 56.7 cm³/mol. The Hall–Kier alpha value is -1.07. The highest BCUT2D eigenvalue weighted by Gasteiger charge is 1.89. The molecule has 0 aliphatic heterocycles. The lowest BCUT2D eigenvalue weighted by Gasteiger charge is -2.04. The van der Waals surface area contributed by atoms with E-state index in [1.165, 1.54) is 0 Å². The average Bonchev–Trinajstić information content (AvgIpc) is 2.26. The Morgan fingerprint density at radius 3 is 2.27 bits per heavy atom. The summed E-state index contributed by atoms with van der Waals surface area (Å²) < 4.78 is 15.4. The van der Waals surface area contributed by atoms with Crippen LogP contribution in [0.2, 0.25) is 0 Å². The van der Waals surface area contributed by atoms with Gasteiger partial charge in [-0.3, -0.25) is 0 Å². The van der Waals surface area contributed by atoms with Gasteiger partial charge in [-0.15, -0.1) is 6.58 Å². The third-order valence-electron chi connectivity index (χ3n) is 1.38. The lowest BCUT2D eigenvalue weighted by atomic mass is 10.6. The summed E-state index contributed by atoms with van der Waals surface area (Å²) in [6.07, 6.45) is 1.69. The predicted octanol–water partition coefficient (Wildman–Crippen LogP) is 1.53. The van der Waals surface area contributed by atoms with E-state index in [0.717, 1.165) is 0 Å². The Morgan fingerprint density at radius 1 is 1.07 bits per heavy atom. The molecular weight excluding hydrogens is 198 g/mol. The van der Waals surface area contributed by atoms with E-state index in [2.05, 4.69) is 16.6 Å². The largest absolute Gasteiger partial charge is 0.379 e. The lowest BCUT2D eigenvalue weighted by Crippen LogP contribution is -2.10. The highest BCUT2D eigenvalue weighted by atomic mass is 16.5. The molecule has 6 nitrogen and oxygen atoms in total.